The second kappa shape index (κ2) is 8.46. The minimum atomic E-state index is -0.606. The summed E-state index contributed by atoms with van der Waals surface area (Å²) in [6.45, 7) is 4.03. The van der Waals surface area contributed by atoms with Crippen molar-refractivity contribution in [3.05, 3.63) is 98.2 Å². The SMILES string of the molecule is Cc1ccc(Cn2nc(C)c(C(=O)OCc3cc(=O)n4c(n3)sc3ccccc34)c2Cl)cc1. The van der Waals surface area contributed by atoms with Crippen LogP contribution in [0.15, 0.2) is 59.4 Å². The van der Waals surface area contributed by atoms with Crippen LogP contribution in [0.2, 0.25) is 5.15 Å². The minimum absolute atomic E-state index is 0.141. The number of fused-ring (bicyclic) bond motifs is 3. The number of thiazole rings is 1. The number of carbonyl (C=O) groups is 1. The van der Waals surface area contributed by atoms with Gasteiger partial charge in [0.1, 0.15) is 17.3 Å². The van der Waals surface area contributed by atoms with E-state index in [1.807, 2.05) is 55.5 Å². The molecule has 0 aliphatic carbocycles. The average Bonchev–Trinajstić information content (AvgIpc) is 3.30. The minimum Gasteiger partial charge on any atom is -0.455 e. The fraction of sp³-hybridized carbons (Fsp3) is 0.167. The second-order valence-electron chi connectivity index (χ2n) is 7.74. The highest BCUT2D eigenvalue weighted by molar-refractivity contribution is 7.23. The first-order valence-corrected chi connectivity index (χ1v) is 11.5. The summed E-state index contributed by atoms with van der Waals surface area (Å²) in [7, 11) is 0. The Morgan fingerprint density at radius 2 is 1.88 bits per heavy atom. The molecule has 3 heterocycles. The van der Waals surface area contributed by atoms with Crippen molar-refractivity contribution < 1.29 is 9.53 Å². The Hall–Kier alpha value is -3.49. The highest BCUT2D eigenvalue weighted by atomic mass is 35.5. The molecular formula is C24H19ClN4O3S. The molecule has 0 spiro atoms. The molecule has 5 rings (SSSR count). The standard InChI is InChI=1S/C24H19ClN4O3S/c1-14-7-9-16(10-8-14)12-28-22(25)21(15(2)27-28)23(31)32-13-17-11-20(30)29-18-5-3-4-6-19(18)33-24(29)26-17/h3-11H,12-13H2,1-2H3. The van der Waals surface area contributed by atoms with Crippen LogP contribution in [-0.4, -0.2) is 25.1 Å². The van der Waals surface area contributed by atoms with Gasteiger partial charge < -0.3 is 4.74 Å². The molecule has 9 heteroatoms. The lowest BCUT2D eigenvalue weighted by Crippen LogP contribution is -2.15. The van der Waals surface area contributed by atoms with Crippen LogP contribution in [0.25, 0.3) is 15.2 Å². The van der Waals surface area contributed by atoms with E-state index in [9.17, 15) is 9.59 Å². The van der Waals surface area contributed by atoms with Gasteiger partial charge in [-0.3, -0.25) is 9.20 Å². The van der Waals surface area contributed by atoms with Crippen LogP contribution in [-0.2, 0) is 17.9 Å². The van der Waals surface area contributed by atoms with Crippen molar-refractivity contribution in [3.63, 3.8) is 0 Å². The fourth-order valence-electron chi connectivity index (χ4n) is 3.67. The first-order valence-electron chi connectivity index (χ1n) is 10.3. The van der Waals surface area contributed by atoms with E-state index in [4.69, 9.17) is 16.3 Å². The van der Waals surface area contributed by atoms with Gasteiger partial charge in [0, 0.05) is 6.07 Å². The summed E-state index contributed by atoms with van der Waals surface area (Å²) in [5, 5.41) is 4.61. The van der Waals surface area contributed by atoms with Crippen molar-refractivity contribution >= 4 is 44.1 Å². The molecule has 0 aliphatic rings. The van der Waals surface area contributed by atoms with Crippen LogP contribution in [0.5, 0.6) is 0 Å². The van der Waals surface area contributed by atoms with Gasteiger partial charge in [0.25, 0.3) is 5.56 Å². The molecule has 0 radical (unpaired) electrons. The van der Waals surface area contributed by atoms with Gasteiger partial charge in [-0.1, -0.05) is 64.9 Å². The molecule has 0 bridgehead atoms. The van der Waals surface area contributed by atoms with Crippen LogP contribution in [0, 0.1) is 13.8 Å². The van der Waals surface area contributed by atoms with E-state index >= 15 is 0 Å². The molecule has 0 aliphatic heterocycles. The number of rotatable bonds is 5. The Labute approximate surface area is 197 Å². The Morgan fingerprint density at radius 1 is 1.12 bits per heavy atom. The third-order valence-electron chi connectivity index (χ3n) is 5.32. The van der Waals surface area contributed by atoms with E-state index in [1.165, 1.54) is 17.4 Å². The predicted octanol–water partition coefficient (Wildman–Crippen LogP) is 4.78. The van der Waals surface area contributed by atoms with Gasteiger partial charge in [-0.2, -0.15) is 5.10 Å². The van der Waals surface area contributed by atoms with Crippen LogP contribution < -0.4 is 5.56 Å². The summed E-state index contributed by atoms with van der Waals surface area (Å²) < 4.78 is 9.54. The lowest BCUT2D eigenvalue weighted by molar-refractivity contribution is 0.0467. The molecule has 33 heavy (non-hydrogen) atoms. The molecule has 0 unspecified atom stereocenters. The highest BCUT2D eigenvalue weighted by Crippen LogP contribution is 2.25. The van der Waals surface area contributed by atoms with Crippen LogP contribution in [0.1, 0.15) is 32.9 Å². The Balaban J connectivity index is 1.36. The summed E-state index contributed by atoms with van der Waals surface area (Å²) in [6.07, 6.45) is 0. The summed E-state index contributed by atoms with van der Waals surface area (Å²) in [5.41, 5.74) is 3.83. The fourth-order valence-corrected chi connectivity index (χ4v) is 5.03. The van der Waals surface area contributed by atoms with E-state index in [2.05, 4.69) is 10.1 Å². The molecule has 0 amide bonds. The summed E-state index contributed by atoms with van der Waals surface area (Å²) in [6, 6.07) is 17.0. The van der Waals surface area contributed by atoms with Crippen molar-refractivity contribution in [2.45, 2.75) is 27.0 Å². The van der Waals surface area contributed by atoms with Gasteiger partial charge >= 0.3 is 5.97 Å². The number of hydrogen-bond acceptors (Lipinski definition) is 6. The van der Waals surface area contributed by atoms with Crippen molar-refractivity contribution in [3.8, 4) is 0 Å². The molecule has 166 valence electrons. The zero-order chi connectivity index (χ0) is 23.1. The van der Waals surface area contributed by atoms with Gasteiger partial charge in [0.15, 0.2) is 4.96 Å². The molecule has 0 fully saturated rings. The number of esters is 1. The number of benzene rings is 2. The Kier molecular flexibility index (Phi) is 5.47. The number of ether oxygens (including phenoxy) is 1. The molecular weight excluding hydrogens is 460 g/mol. The molecule has 0 saturated carbocycles. The van der Waals surface area contributed by atoms with E-state index in [0.717, 1.165) is 21.3 Å². The molecule has 0 N–H and O–H groups in total. The summed E-state index contributed by atoms with van der Waals surface area (Å²) in [4.78, 5) is 30.5. The number of nitrogens with zero attached hydrogens (tertiary/aromatic N) is 4. The van der Waals surface area contributed by atoms with Gasteiger partial charge in [0.05, 0.1) is 28.1 Å². The molecule has 5 aromatic rings. The summed E-state index contributed by atoms with van der Waals surface area (Å²) in [5.74, 6) is -0.606. The van der Waals surface area contributed by atoms with Crippen molar-refractivity contribution in [2.75, 3.05) is 0 Å². The normalized spacial score (nSPS) is 11.4. The smallest absolute Gasteiger partial charge is 0.343 e. The number of carbonyl (C=O) groups excluding carboxylic acids is 1. The summed E-state index contributed by atoms with van der Waals surface area (Å²) >= 11 is 7.88. The average molecular weight is 479 g/mol. The molecule has 2 aromatic carbocycles. The first kappa shape index (κ1) is 21.4. The lowest BCUT2D eigenvalue weighted by atomic mass is 10.1. The lowest BCUT2D eigenvalue weighted by Gasteiger charge is -2.06. The largest absolute Gasteiger partial charge is 0.455 e. The molecule has 0 saturated heterocycles. The maximum absolute atomic E-state index is 12.8. The number of halogens is 1. The predicted molar refractivity (Wildman–Crippen MR) is 128 cm³/mol. The Morgan fingerprint density at radius 3 is 2.67 bits per heavy atom. The third kappa shape index (κ3) is 4.03. The van der Waals surface area contributed by atoms with E-state index in [0.29, 0.717) is 22.9 Å². The van der Waals surface area contributed by atoms with Crippen LogP contribution >= 0.6 is 22.9 Å². The molecule has 3 aromatic heterocycles. The Bertz CT molecular complexity index is 1570. The maximum atomic E-state index is 12.8. The zero-order valence-electron chi connectivity index (χ0n) is 17.9. The number of aryl methyl sites for hydroxylation is 2. The van der Waals surface area contributed by atoms with Crippen molar-refractivity contribution in [2.24, 2.45) is 0 Å². The molecule has 7 nitrogen and oxygen atoms in total. The van der Waals surface area contributed by atoms with Crippen LogP contribution in [0.4, 0.5) is 0 Å². The van der Waals surface area contributed by atoms with Crippen molar-refractivity contribution in [1.29, 1.82) is 0 Å². The molecule has 0 atom stereocenters. The monoisotopic (exact) mass is 478 g/mol. The number of para-hydroxylation sites is 1. The van der Waals surface area contributed by atoms with Gasteiger partial charge in [0.2, 0.25) is 0 Å². The van der Waals surface area contributed by atoms with E-state index in [1.54, 1.807) is 16.0 Å². The first-order chi connectivity index (χ1) is 15.9. The number of aromatic nitrogens is 4. The number of hydrogen-bond donors (Lipinski definition) is 0. The third-order valence-corrected chi connectivity index (χ3v) is 6.73. The van der Waals surface area contributed by atoms with Gasteiger partial charge in [-0.15, -0.1) is 0 Å². The van der Waals surface area contributed by atoms with E-state index < -0.39 is 5.97 Å². The maximum Gasteiger partial charge on any atom is 0.343 e. The van der Waals surface area contributed by atoms with E-state index in [-0.39, 0.29) is 22.9 Å². The second-order valence-corrected chi connectivity index (χ2v) is 9.11. The van der Waals surface area contributed by atoms with Gasteiger partial charge in [-0.05, 0) is 31.5 Å². The van der Waals surface area contributed by atoms with Crippen molar-refractivity contribution in [1.82, 2.24) is 19.2 Å². The topological polar surface area (TPSA) is 78.5 Å². The zero-order valence-corrected chi connectivity index (χ0v) is 19.5. The highest BCUT2D eigenvalue weighted by Gasteiger charge is 2.22. The van der Waals surface area contributed by atoms with Gasteiger partial charge in [-0.25, -0.2) is 14.5 Å². The quantitative estimate of drug-likeness (QED) is 0.340. The van der Waals surface area contributed by atoms with Crippen LogP contribution in [0.3, 0.4) is 0 Å².